The van der Waals surface area contributed by atoms with Crippen LogP contribution in [0.25, 0.3) is 11.0 Å². The minimum atomic E-state index is -0.160. The summed E-state index contributed by atoms with van der Waals surface area (Å²) in [5.74, 6) is 0. The van der Waals surface area contributed by atoms with Gasteiger partial charge in [0.1, 0.15) is 5.60 Å². The minimum absolute atomic E-state index is 0.0931. The third kappa shape index (κ3) is 3.05. The lowest BCUT2D eigenvalue weighted by molar-refractivity contribution is -0.0126. The molecule has 2 aromatic heterocycles. The predicted octanol–water partition coefficient (Wildman–Crippen LogP) is 3.60. The number of hydrogen-bond donors (Lipinski definition) is 2. The number of nitrogens with zero attached hydrogens (tertiary/aromatic N) is 4. The summed E-state index contributed by atoms with van der Waals surface area (Å²) in [6.07, 6.45) is 12.8. The molecule has 0 aromatic carbocycles. The van der Waals surface area contributed by atoms with Crippen LogP contribution in [0.15, 0.2) is 17.5 Å². The molecule has 0 atom stereocenters. The molecule has 1 aliphatic heterocycles. The van der Waals surface area contributed by atoms with Crippen LogP contribution in [0.1, 0.15) is 70.3 Å². The number of fused-ring (bicyclic) bond motifs is 1. The van der Waals surface area contributed by atoms with E-state index in [4.69, 9.17) is 9.82 Å². The molecule has 7 nitrogen and oxygen atoms in total. The van der Waals surface area contributed by atoms with Crippen molar-refractivity contribution in [1.82, 2.24) is 14.8 Å². The van der Waals surface area contributed by atoms with Crippen molar-refractivity contribution in [3.05, 3.63) is 18.0 Å². The van der Waals surface area contributed by atoms with E-state index in [-0.39, 0.29) is 11.7 Å². The number of aliphatic hydroxyl groups excluding tert-OH is 1. The van der Waals surface area contributed by atoms with Crippen LogP contribution in [-0.2, 0) is 11.4 Å². The third-order valence-corrected chi connectivity index (χ3v) is 6.68. The molecular formula is C21H29N5O2. The van der Waals surface area contributed by atoms with Gasteiger partial charge in [-0.2, -0.15) is 5.10 Å². The number of aryl methyl sites for hydroxylation is 1. The van der Waals surface area contributed by atoms with Crippen LogP contribution in [0.3, 0.4) is 0 Å². The highest BCUT2D eigenvalue weighted by Crippen LogP contribution is 2.42. The van der Waals surface area contributed by atoms with Crippen molar-refractivity contribution < 1.29 is 9.94 Å². The highest BCUT2D eigenvalue weighted by atomic mass is 16.7. The summed E-state index contributed by atoms with van der Waals surface area (Å²) in [6.45, 7) is 2.87. The molecule has 7 heteroatoms. The Morgan fingerprint density at radius 2 is 2.00 bits per heavy atom. The van der Waals surface area contributed by atoms with Gasteiger partial charge in [0.25, 0.3) is 0 Å². The van der Waals surface area contributed by atoms with Crippen molar-refractivity contribution in [3.8, 4) is 0 Å². The number of rotatable bonds is 4. The van der Waals surface area contributed by atoms with Crippen LogP contribution in [-0.4, -0.2) is 43.3 Å². The fraction of sp³-hybridized carbons (Fsp3) is 0.667. The summed E-state index contributed by atoms with van der Waals surface area (Å²) >= 11 is 0. The van der Waals surface area contributed by atoms with E-state index in [9.17, 15) is 5.11 Å². The zero-order valence-corrected chi connectivity index (χ0v) is 16.5. The van der Waals surface area contributed by atoms with Gasteiger partial charge in [-0.15, -0.1) is 0 Å². The Labute approximate surface area is 165 Å². The molecule has 0 unspecified atom stereocenters. The second-order valence-electron chi connectivity index (χ2n) is 8.59. The maximum atomic E-state index is 9.86. The van der Waals surface area contributed by atoms with Crippen molar-refractivity contribution in [2.75, 3.05) is 5.32 Å². The first-order valence-electron chi connectivity index (χ1n) is 10.7. The van der Waals surface area contributed by atoms with Gasteiger partial charge in [-0.3, -0.25) is 0 Å². The van der Waals surface area contributed by atoms with Crippen LogP contribution >= 0.6 is 0 Å². The first-order valence-corrected chi connectivity index (χ1v) is 10.7. The van der Waals surface area contributed by atoms with Gasteiger partial charge in [0.2, 0.25) is 0 Å². The van der Waals surface area contributed by atoms with E-state index in [1.165, 1.54) is 12.8 Å². The molecule has 0 amide bonds. The van der Waals surface area contributed by atoms with E-state index in [0.29, 0.717) is 6.04 Å². The fourth-order valence-electron chi connectivity index (χ4n) is 5.01. The molecule has 150 valence electrons. The van der Waals surface area contributed by atoms with E-state index >= 15 is 0 Å². The third-order valence-electron chi connectivity index (χ3n) is 6.68. The summed E-state index contributed by atoms with van der Waals surface area (Å²) in [4.78, 5) is 10.7. The summed E-state index contributed by atoms with van der Waals surface area (Å²) in [5, 5.41) is 23.7. The van der Waals surface area contributed by atoms with Crippen molar-refractivity contribution in [2.45, 2.75) is 89.0 Å². The molecule has 2 N–H and O–H groups in total. The van der Waals surface area contributed by atoms with E-state index in [0.717, 1.165) is 79.5 Å². The Hall–Kier alpha value is -2.15. The smallest absolute Gasteiger partial charge is 0.159 e. The second-order valence-corrected chi connectivity index (χ2v) is 8.59. The van der Waals surface area contributed by atoms with Gasteiger partial charge < -0.3 is 15.3 Å². The zero-order chi connectivity index (χ0) is 19.1. The lowest BCUT2D eigenvalue weighted by atomic mass is 9.91. The van der Waals surface area contributed by atoms with Crippen LogP contribution in [0.5, 0.6) is 0 Å². The van der Waals surface area contributed by atoms with Gasteiger partial charge in [-0.05, 0) is 58.3 Å². The molecule has 0 radical (unpaired) electrons. The molecule has 3 heterocycles. The molecule has 2 fully saturated rings. The zero-order valence-electron chi connectivity index (χ0n) is 16.5. The number of aliphatic hydroxyl groups is 1. The average molecular weight is 383 g/mol. The predicted molar refractivity (Wildman–Crippen MR) is 109 cm³/mol. The lowest BCUT2D eigenvalue weighted by Gasteiger charge is -2.28. The summed E-state index contributed by atoms with van der Waals surface area (Å²) in [5.41, 5.74) is 3.92. The largest absolute Gasteiger partial charge is 0.393 e. The minimum Gasteiger partial charge on any atom is -0.393 e. The number of pyridine rings is 1. The maximum Gasteiger partial charge on any atom is 0.159 e. The first-order chi connectivity index (χ1) is 13.7. The van der Waals surface area contributed by atoms with Gasteiger partial charge in [0.05, 0.1) is 29.1 Å². The van der Waals surface area contributed by atoms with Crippen LogP contribution < -0.4 is 5.32 Å². The normalized spacial score (nSPS) is 26.6. The van der Waals surface area contributed by atoms with E-state index in [1.54, 1.807) is 0 Å². The Bertz CT molecular complexity index is 892. The maximum absolute atomic E-state index is 9.86. The summed E-state index contributed by atoms with van der Waals surface area (Å²) < 4.78 is 1.93. The van der Waals surface area contributed by atoms with Crippen LogP contribution in [0.4, 0.5) is 5.69 Å². The molecule has 3 aliphatic rings. The Morgan fingerprint density at radius 3 is 2.75 bits per heavy atom. The van der Waals surface area contributed by atoms with Gasteiger partial charge in [0.15, 0.2) is 5.65 Å². The molecule has 5 rings (SSSR count). The highest BCUT2D eigenvalue weighted by Gasteiger charge is 2.42. The molecular weight excluding hydrogens is 354 g/mol. The van der Waals surface area contributed by atoms with Gasteiger partial charge in [0, 0.05) is 30.8 Å². The number of aromatic nitrogens is 3. The van der Waals surface area contributed by atoms with Crippen molar-refractivity contribution in [3.63, 3.8) is 0 Å². The van der Waals surface area contributed by atoms with Gasteiger partial charge in [-0.25, -0.2) is 9.67 Å². The Balaban J connectivity index is 1.51. The van der Waals surface area contributed by atoms with E-state index in [2.05, 4.69) is 22.5 Å². The van der Waals surface area contributed by atoms with Crippen molar-refractivity contribution >= 4 is 22.4 Å². The monoisotopic (exact) mass is 383 g/mol. The van der Waals surface area contributed by atoms with Crippen LogP contribution in [0, 0.1) is 0 Å². The standard InChI is InChI=1S/C21H29N5O2/c1-2-26-20-17(13-23-26)19(24-14-5-7-15(27)8-6-14)16(12-22-20)18-11-21(28-25-18)9-3-4-10-21/h12-15,27H,2-11H2,1H3,(H,22,24). The molecule has 2 saturated carbocycles. The number of anilines is 1. The average Bonchev–Trinajstić information content (AvgIpc) is 3.44. The van der Waals surface area contributed by atoms with Crippen LogP contribution in [0.2, 0.25) is 0 Å². The van der Waals surface area contributed by atoms with Gasteiger partial charge >= 0.3 is 0 Å². The molecule has 28 heavy (non-hydrogen) atoms. The number of nitrogens with one attached hydrogen (secondary N) is 1. The Morgan fingerprint density at radius 1 is 1.21 bits per heavy atom. The molecule has 1 spiro atoms. The number of hydrogen-bond acceptors (Lipinski definition) is 6. The topological polar surface area (TPSA) is 84.6 Å². The second kappa shape index (κ2) is 7.03. The quantitative estimate of drug-likeness (QED) is 0.843. The van der Waals surface area contributed by atoms with Crippen molar-refractivity contribution in [2.24, 2.45) is 5.16 Å². The fourth-order valence-corrected chi connectivity index (χ4v) is 5.01. The first kappa shape index (κ1) is 17.9. The summed E-state index contributed by atoms with van der Waals surface area (Å²) in [6, 6.07) is 0.348. The van der Waals surface area contributed by atoms with Crippen molar-refractivity contribution in [1.29, 1.82) is 0 Å². The highest BCUT2D eigenvalue weighted by molar-refractivity contribution is 6.10. The molecule has 0 bridgehead atoms. The van der Waals surface area contributed by atoms with Gasteiger partial charge in [-0.1, -0.05) is 5.16 Å². The Kier molecular flexibility index (Phi) is 4.50. The van der Waals surface area contributed by atoms with E-state index < -0.39 is 0 Å². The summed E-state index contributed by atoms with van der Waals surface area (Å²) in [7, 11) is 0. The molecule has 2 aliphatic carbocycles. The molecule has 2 aromatic rings. The number of oxime groups is 1. The molecule has 0 saturated heterocycles. The SMILES string of the molecule is CCn1ncc2c(NC3CCC(O)CC3)c(C3=NOC4(CCCC4)C3)cnc21. The van der Waals surface area contributed by atoms with E-state index in [1.807, 2.05) is 17.1 Å². The lowest BCUT2D eigenvalue weighted by Crippen LogP contribution is -2.29.